The van der Waals surface area contributed by atoms with Crippen molar-refractivity contribution in [3.8, 4) is 0 Å². The van der Waals surface area contributed by atoms with Gasteiger partial charge in [-0.15, -0.1) is 0 Å². The summed E-state index contributed by atoms with van der Waals surface area (Å²) in [7, 11) is 0. The van der Waals surface area contributed by atoms with E-state index in [2.05, 4.69) is 15.9 Å². The van der Waals surface area contributed by atoms with Crippen LogP contribution in [0.15, 0.2) is 18.2 Å². The molecule has 0 radical (unpaired) electrons. The van der Waals surface area contributed by atoms with Crippen LogP contribution in [-0.4, -0.2) is 43.7 Å². The van der Waals surface area contributed by atoms with Gasteiger partial charge in [-0.3, -0.25) is 4.90 Å². The van der Waals surface area contributed by atoms with Crippen molar-refractivity contribution in [3.05, 3.63) is 29.6 Å². The first-order valence-electron chi connectivity index (χ1n) is 7.75. The molecule has 2 aliphatic heterocycles. The molecule has 20 heavy (non-hydrogen) atoms. The third kappa shape index (κ3) is 2.96. The maximum atomic E-state index is 13.8. The normalized spacial score (nSPS) is 23.7. The van der Waals surface area contributed by atoms with Crippen molar-refractivity contribution in [2.75, 3.05) is 37.6 Å². The van der Waals surface area contributed by atoms with Crippen molar-refractivity contribution in [2.45, 2.75) is 31.7 Å². The second-order valence-electron chi connectivity index (χ2n) is 5.99. The summed E-state index contributed by atoms with van der Waals surface area (Å²) in [5.41, 5.74) is 7.63. The molecule has 2 N–H and O–H groups in total. The summed E-state index contributed by atoms with van der Waals surface area (Å²) in [4.78, 5) is 4.96. The number of hydrogen-bond acceptors (Lipinski definition) is 3. The van der Waals surface area contributed by atoms with Gasteiger partial charge in [-0.05, 0) is 62.5 Å². The fourth-order valence-electron chi connectivity index (χ4n) is 3.57. The van der Waals surface area contributed by atoms with Crippen LogP contribution in [0.4, 0.5) is 10.1 Å². The van der Waals surface area contributed by atoms with Crippen LogP contribution in [0.5, 0.6) is 0 Å². The number of hydrogen-bond donors (Lipinski definition) is 1. The lowest BCUT2D eigenvalue weighted by atomic mass is 10.1. The molecular formula is C16H24FN3. The Morgan fingerprint density at radius 1 is 1.15 bits per heavy atom. The highest BCUT2D eigenvalue weighted by Gasteiger charge is 2.28. The van der Waals surface area contributed by atoms with Gasteiger partial charge in [0.1, 0.15) is 5.82 Å². The van der Waals surface area contributed by atoms with Crippen LogP contribution in [0.3, 0.4) is 0 Å². The van der Waals surface area contributed by atoms with Gasteiger partial charge in [0.25, 0.3) is 0 Å². The topological polar surface area (TPSA) is 32.5 Å². The predicted molar refractivity (Wildman–Crippen MR) is 80.6 cm³/mol. The average Bonchev–Trinajstić information content (AvgIpc) is 2.75. The van der Waals surface area contributed by atoms with Gasteiger partial charge in [0.05, 0.1) is 0 Å². The van der Waals surface area contributed by atoms with Crippen LogP contribution in [-0.2, 0) is 6.42 Å². The molecule has 0 aromatic heterocycles. The van der Waals surface area contributed by atoms with Crippen LogP contribution < -0.4 is 10.6 Å². The summed E-state index contributed by atoms with van der Waals surface area (Å²) < 4.78 is 13.8. The van der Waals surface area contributed by atoms with Gasteiger partial charge in [0, 0.05) is 31.4 Å². The summed E-state index contributed by atoms with van der Waals surface area (Å²) in [5, 5.41) is 0. The van der Waals surface area contributed by atoms with Gasteiger partial charge < -0.3 is 10.6 Å². The lowest BCUT2D eigenvalue weighted by Crippen LogP contribution is -2.36. The van der Waals surface area contributed by atoms with E-state index < -0.39 is 0 Å². The molecule has 0 amide bonds. The smallest absolute Gasteiger partial charge is 0.125 e. The molecule has 1 aromatic carbocycles. The van der Waals surface area contributed by atoms with E-state index in [4.69, 9.17) is 5.73 Å². The Morgan fingerprint density at radius 3 is 2.85 bits per heavy atom. The number of nitrogens with two attached hydrogens (primary N) is 1. The van der Waals surface area contributed by atoms with Crippen molar-refractivity contribution in [2.24, 2.45) is 5.73 Å². The van der Waals surface area contributed by atoms with E-state index >= 15 is 0 Å². The number of anilines is 1. The summed E-state index contributed by atoms with van der Waals surface area (Å²) in [6.07, 6.45) is 4.49. The fraction of sp³-hybridized carbons (Fsp3) is 0.625. The molecule has 3 nitrogen and oxygen atoms in total. The molecule has 1 atom stereocenters. The molecule has 3 rings (SSSR count). The molecule has 2 heterocycles. The Hall–Kier alpha value is -1.13. The van der Waals surface area contributed by atoms with Crippen molar-refractivity contribution < 1.29 is 4.39 Å². The number of rotatable bonds is 3. The van der Waals surface area contributed by atoms with Gasteiger partial charge >= 0.3 is 0 Å². The Bertz CT molecular complexity index is 463. The lowest BCUT2D eigenvalue weighted by molar-refractivity contribution is 0.273. The first-order chi connectivity index (χ1) is 9.76. The monoisotopic (exact) mass is 277 g/mol. The molecular weight excluding hydrogens is 253 g/mol. The molecule has 4 heteroatoms. The quantitative estimate of drug-likeness (QED) is 0.917. The van der Waals surface area contributed by atoms with Crippen LogP contribution in [0.2, 0.25) is 0 Å². The second kappa shape index (κ2) is 6.10. The van der Waals surface area contributed by atoms with Gasteiger partial charge in [-0.25, -0.2) is 4.39 Å². The van der Waals surface area contributed by atoms with E-state index in [0.717, 1.165) is 30.8 Å². The van der Waals surface area contributed by atoms with E-state index in [-0.39, 0.29) is 5.82 Å². The molecule has 110 valence electrons. The van der Waals surface area contributed by atoms with Crippen LogP contribution >= 0.6 is 0 Å². The van der Waals surface area contributed by atoms with E-state index in [9.17, 15) is 4.39 Å². The van der Waals surface area contributed by atoms with E-state index in [1.807, 2.05) is 0 Å². The fourth-order valence-corrected chi connectivity index (χ4v) is 3.57. The summed E-state index contributed by atoms with van der Waals surface area (Å²) in [6.45, 7) is 5.05. The minimum atomic E-state index is -0.140. The van der Waals surface area contributed by atoms with Crippen molar-refractivity contribution in [1.29, 1.82) is 0 Å². The minimum absolute atomic E-state index is 0.140. The van der Waals surface area contributed by atoms with Crippen molar-refractivity contribution in [3.63, 3.8) is 0 Å². The predicted octanol–water partition coefficient (Wildman–Crippen LogP) is 2.00. The molecule has 0 aliphatic carbocycles. The highest BCUT2D eigenvalue weighted by molar-refractivity contribution is 5.49. The van der Waals surface area contributed by atoms with Gasteiger partial charge in [0.15, 0.2) is 0 Å². The summed E-state index contributed by atoms with van der Waals surface area (Å²) >= 11 is 0. The Balaban J connectivity index is 1.80. The van der Waals surface area contributed by atoms with Crippen molar-refractivity contribution >= 4 is 5.69 Å². The third-order valence-electron chi connectivity index (χ3n) is 4.54. The Labute approximate surface area is 120 Å². The summed E-state index contributed by atoms with van der Waals surface area (Å²) in [5.74, 6) is -0.140. The Kier molecular flexibility index (Phi) is 4.22. The highest BCUT2D eigenvalue weighted by Crippen LogP contribution is 2.26. The molecule has 1 aromatic rings. The van der Waals surface area contributed by atoms with E-state index in [1.165, 1.54) is 32.4 Å². The first-order valence-corrected chi connectivity index (χ1v) is 7.75. The molecule has 2 saturated heterocycles. The van der Waals surface area contributed by atoms with Crippen LogP contribution in [0.1, 0.15) is 24.8 Å². The Morgan fingerprint density at radius 2 is 2.00 bits per heavy atom. The molecule has 1 unspecified atom stereocenters. The number of halogens is 1. The van der Waals surface area contributed by atoms with E-state index in [1.54, 1.807) is 12.1 Å². The maximum absolute atomic E-state index is 13.8. The van der Waals surface area contributed by atoms with Crippen LogP contribution in [0, 0.1) is 5.82 Å². The highest BCUT2D eigenvalue weighted by atomic mass is 19.1. The third-order valence-corrected chi connectivity index (χ3v) is 4.54. The molecule has 0 spiro atoms. The largest absolute Gasteiger partial charge is 0.370 e. The average molecular weight is 277 g/mol. The second-order valence-corrected chi connectivity index (χ2v) is 5.99. The van der Waals surface area contributed by atoms with Crippen molar-refractivity contribution in [1.82, 2.24) is 4.90 Å². The lowest BCUT2D eigenvalue weighted by Gasteiger charge is -2.27. The van der Waals surface area contributed by atoms with Crippen LogP contribution in [0.25, 0.3) is 0 Å². The number of nitrogens with zero attached hydrogens (tertiary/aromatic N) is 2. The standard InChI is InChI=1S/C16H24FN3/c17-14-9-13(4-5-18)10-16(11-14)20-8-2-7-19-6-1-3-15(19)12-20/h9-11,15H,1-8,12,18H2. The zero-order chi connectivity index (χ0) is 13.9. The number of fused-ring (bicyclic) bond motifs is 1. The van der Waals surface area contributed by atoms with E-state index in [0.29, 0.717) is 12.6 Å². The molecule has 0 saturated carbocycles. The minimum Gasteiger partial charge on any atom is -0.370 e. The molecule has 2 fully saturated rings. The number of benzene rings is 1. The summed E-state index contributed by atoms with van der Waals surface area (Å²) in [6, 6.07) is 6.04. The maximum Gasteiger partial charge on any atom is 0.125 e. The first kappa shape index (κ1) is 13.8. The van der Waals surface area contributed by atoms with Gasteiger partial charge in [-0.1, -0.05) is 0 Å². The van der Waals surface area contributed by atoms with Gasteiger partial charge in [-0.2, -0.15) is 0 Å². The molecule has 0 bridgehead atoms. The molecule has 2 aliphatic rings. The SMILES string of the molecule is NCCc1cc(F)cc(N2CCCN3CCCC3C2)c1. The zero-order valence-electron chi connectivity index (χ0n) is 12.0. The zero-order valence-corrected chi connectivity index (χ0v) is 12.0. The van der Waals surface area contributed by atoms with Gasteiger partial charge in [0.2, 0.25) is 0 Å².